The van der Waals surface area contributed by atoms with E-state index in [1.807, 2.05) is 30.7 Å². The molecule has 0 atom stereocenters. The Morgan fingerprint density at radius 3 is 2.46 bits per heavy atom. The van der Waals surface area contributed by atoms with Crippen LogP contribution >= 0.6 is 0 Å². The van der Waals surface area contributed by atoms with Gasteiger partial charge >= 0.3 is 0 Å². The Kier molecular flexibility index (Phi) is 5.38. The topological polar surface area (TPSA) is 68.5 Å². The maximum absolute atomic E-state index is 4.78. The molecule has 0 saturated carbocycles. The van der Waals surface area contributed by atoms with Crippen molar-refractivity contribution in [3.63, 3.8) is 0 Å². The lowest BCUT2D eigenvalue weighted by molar-refractivity contribution is 0.660. The standard InChI is InChI=1S/C22H22N6/c1-17-3-5-18(6-4-17)20-15-21(25-9-2-13-28-14-12-24-16-28)27-22(26-20)19-7-10-23-11-8-19/h3-8,10-12,14-16H,2,9,13H2,1H3,(H,25,26,27). The third-order valence-corrected chi connectivity index (χ3v) is 4.47. The van der Waals surface area contributed by atoms with Crippen LogP contribution in [0.5, 0.6) is 0 Å². The van der Waals surface area contributed by atoms with E-state index in [2.05, 4.69) is 51.0 Å². The van der Waals surface area contributed by atoms with E-state index in [1.165, 1.54) is 5.56 Å². The maximum atomic E-state index is 4.78. The van der Waals surface area contributed by atoms with Gasteiger partial charge in [-0.15, -0.1) is 0 Å². The molecule has 140 valence electrons. The lowest BCUT2D eigenvalue weighted by atomic mass is 10.1. The Hall–Kier alpha value is -3.54. The summed E-state index contributed by atoms with van der Waals surface area (Å²) in [6.07, 6.45) is 10.1. The van der Waals surface area contributed by atoms with Gasteiger partial charge in [0.2, 0.25) is 0 Å². The lowest BCUT2D eigenvalue weighted by Gasteiger charge is -2.11. The monoisotopic (exact) mass is 370 g/mol. The smallest absolute Gasteiger partial charge is 0.162 e. The first kappa shape index (κ1) is 17.9. The first-order valence-electron chi connectivity index (χ1n) is 9.34. The number of imidazole rings is 1. The molecule has 4 rings (SSSR count). The van der Waals surface area contributed by atoms with Gasteiger partial charge in [0, 0.05) is 55.1 Å². The molecule has 3 heterocycles. The molecule has 0 aliphatic carbocycles. The van der Waals surface area contributed by atoms with Crippen LogP contribution in [-0.4, -0.2) is 31.0 Å². The number of nitrogens with one attached hydrogen (secondary N) is 1. The minimum atomic E-state index is 0.692. The molecule has 0 aliphatic rings. The van der Waals surface area contributed by atoms with Crippen molar-refractivity contribution in [1.29, 1.82) is 0 Å². The van der Waals surface area contributed by atoms with Crippen molar-refractivity contribution in [3.8, 4) is 22.6 Å². The van der Waals surface area contributed by atoms with Crippen molar-refractivity contribution >= 4 is 5.82 Å². The average molecular weight is 370 g/mol. The fraction of sp³-hybridized carbons (Fsp3) is 0.182. The van der Waals surface area contributed by atoms with Gasteiger partial charge in [0.25, 0.3) is 0 Å². The minimum absolute atomic E-state index is 0.692. The molecule has 0 amide bonds. The van der Waals surface area contributed by atoms with E-state index >= 15 is 0 Å². The second-order valence-electron chi connectivity index (χ2n) is 6.64. The molecular formula is C22H22N6. The zero-order valence-electron chi connectivity index (χ0n) is 15.8. The molecular weight excluding hydrogens is 348 g/mol. The highest BCUT2D eigenvalue weighted by Crippen LogP contribution is 2.24. The van der Waals surface area contributed by atoms with Crippen LogP contribution in [-0.2, 0) is 6.54 Å². The maximum Gasteiger partial charge on any atom is 0.162 e. The van der Waals surface area contributed by atoms with Gasteiger partial charge in [-0.1, -0.05) is 29.8 Å². The quantitative estimate of drug-likeness (QED) is 0.494. The van der Waals surface area contributed by atoms with Gasteiger partial charge in [0.1, 0.15) is 5.82 Å². The number of anilines is 1. The third kappa shape index (κ3) is 4.40. The van der Waals surface area contributed by atoms with E-state index in [9.17, 15) is 0 Å². The summed E-state index contributed by atoms with van der Waals surface area (Å²) in [6.45, 7) is 3.82. The van der Waals surface area contributed by atoms with Gasteiger partial charge in [-0.25, -0.2) is 15.0 Å². The summed E-state index contributed by atoms with van der Waals surface area (Å²) in [5.41, 5.74) is 4.15. The normalized spacial score (nSPS) is 10.8. The second-order valence-corrected chi connectivity index (χ2v) is 6.64. The molecule has 6 heteroatoms. The van der Waals surface area contributed by atoms with Crippen molar-refractivity contribution in [2.45, 2.75) is 19.9 Å². The predicted octanol–water partition coefficient (Wildman–Crippen LogP) is 4.21. The van der Waals surface area contributed by atoms with Crippen molar-refractivity contribution < 1.29 is 0 Å². The number of rotatable bonds is 7. The summed E-state index contributed by atoms with van der Waals surface area (Å²) in [5.74, 6) is 1.51. The van der Waals surface area contributed by atoms with Crippen LogP contribution in [0.2, 0.25) is 0 Å². The van der Waals surface area contributed by atoms with E-state index in [-0.39, 0.29) is 0 Å². The molecule has 0 unspecified atom stereocenters. The zero-order valence-corrected chi connectivity index (χ0v) is 15.8. The molecule has 0 bridgehead atoms. The molecule has 1 aromatic carbocycles. The highest BCUT2D eigenvalue weighted by atomic mass is 15.0. The van der Waals surface area contributed by atoms with Crippen LogP contribution < -0.4 is 5.32 Å². The molecule has 6 nitrogen and oxygen atoms in total. The molecule has 4 aromatic rings. The zero-order chi connectivity index (χ0) is 19.2. The van der Waals surface area contributed by atoms with E-state index in [1.54, 1.807) is 18.6 Å². The summed E-state index contributed by atoms with van der Waals surface area (Å²) < 4.78 is 2.07. The summed E-state index contributed by atoms with van der Waals surface area (Å²) in [5, 5.41) is 3.44. The highest BCUT2D eigenvalue weighted by molar-refractivity contribution is 5.67. The molecule has 28 heavy (non-hydrogen) atoms. The van der Waals surface area contributed by atoms with Crippen LogP contribution in [0.4, 0.5) is 5.82 Å². The molecule has 1 N–H and O–H groups in total. The van der Waals surface area contributed by atoms with E-state index in [0.717, 1.165) is 42.1 Å². The molecule has 0 saturated heterocycles. The summed E-state index contributed by atoms with van der Waals surface area (Å²) >= 11 is 0. The number of aryl methyl sites for hydroxylation is 2. The minimum Gasteiger partial charge on any atom is -0.370 e. The van der Waals surface area contributed by atoms with Gasteiger partial charge in [-0.3, -0.25) is 4.98 Å². The Labute approximate surface area is 164 Å². The molecule has 3 aromatic heterocycles. The van der Waals surface area contributed by atoms with Crippen LogP contribution in [0, 0.1) is 6.92 Å². The molecule has 0 fully saturated rings. The Bertz CT molecular complexity index is 1010. The third-order valence-electron chi connectivity index (χ3n) is 4.47. The Morgan fingerprint density at radius 1 is 0.893 bits per heavy atom. The fourth-order valence-electron chi connectivity index (χ4n) is 2.94. The van der Waals surface area contributed by atoms with Crippen LogP contribution in [0.3, 0.4) is 0 Å². The van der Waals surface area contributed by atoms with Crippen molar-refractivity contribution in [2.75, 3.05) is 11.9 Å². The number of hydrogen-bond acceptors (Lipinski definition) is 5. The number of nitrogens with zero attached hydrogens (tertiary/aromatic N) is 5. The van der Waals surface area contributed by atoms with Crippen molar-refractivity contribution in [2.24, 2.45) is 0 Å². The van der Waals surface area contributed by atoms with Crippen LogP contribution in [0.15, 0.2) is 73.6 Å². The van der Waals surface area contributed by atoms with Gasteiger partial charge in [0.05, 0.1) is 12.0 Å². The van der Waals surface area contributed by atoms with Gasteiger partial charge in [0.15, 0.2) is 5.82 Å². The van der Waals surface area contributed by atoms with E-state index in [0.29, 0.717) is 5.82 Å². The van der Waals surface area contributed by atoms with Crippen LogP contribution in [0.25, 0.3) is 22.6 Å². The SMILES string of the molecule is Cc1ccc(-c2cc(NCCCn3ccnc3)nc(-c3ccncc3)n2)cc1. The molecule has 0 aliphatic heterocycles. The van der Waals surface area contributed by atoms with Crippen molar-refractivity contribution in [3.05, 3.63) is 79.1 Å². The Balaban J connectivity index is 1.57. The van der Waals surface area contributed by atoms with E-state index in [4.69, 9.17) is 9.97 Å². The summed E-state index contributed by atoms with van der Waals surface area (Å²) in [6, 6.07) is 14.2. The molecule has 0 radical (unpaired) electrons. The van der Waals surface area contributed by atoms with E-state index < -0.39 is 0 Å². The first-order chi connectivity index (χ1) is 13.8. The molecule has 0 spiro atoms. The summed E-state index contributed by atoms with van der Waals surface area (Å²) in [4.78, 5) is 17.7. The number of benzene rings is 1. The van der Waals surface area contributed by atoms with Gasteiger partial charge < -0.3 is 9.88 Å². The fourth-order valence-corrected chi connectivity index (χ4v) is 2.94. The second kappa shape index (κ2) is 8.43. The average Bonchev–Trinajstić information content (AvgIpc) is 3.26. The number of aromatic nitrogens is 5. The summed E-state index contributed by atoms with van der Waals surface area (Å²) in [7, 11) is 0. The Morgan fingerprint density at radius 2 is 1.71 bits per heavy atom. The van der Waals surface area contributed by atoms with Crippen LogP contribution in [0.1, 0.15) is 12.0 Å². The largest absolute Gasteiger partial charge is 0.370 e. The lowest BCUT2D eigenvalue weighted by Crippen LogP contribution is -2.08. The van der Waals surface area contributed by atoms with Gasteiger partial charge in [-0.05, 0) is 25.5 Å². The number of hydrogen-bond donors (Lipinski definition) is 1. The van der Waals surface area contributed by atoms with Crippen molar-refractivity contribution in [1.82, 2.24) is 24.5 Å². The number of pyridine rings is 1. The highest BCUT2D eigenvalue weighted by Gasteiger charge is 2.09. The van der Waals surface area contributed by atoms with Gasteiger partial charge in [-0.2, -0.15) is 0 Å². The first-order valence-corrected chi connectivity index (χ1v) is 9.34. The predicted molar refractivity (Wildman–Crippen MR) is 111 cm³/mol.